The lowest BCUT2D eigenvalue weighted by atomic mass is 10.2. The molecule has 1 aromatic carbocycles. The molecule has 1 fully saturated rings. The van der Waals surface area contributed by atoms with Crippen LogP contribution < -0.4 is 20.5 Å². The Bertz CT molecular complexity index is 434. The first kappa shape index (κ1) is 12.5. The molecule has 1 unspecified atom stereocenters. The fourth-order valence-corrected chi connectivity index (χ4v) is 1.92. The largest absolute Gasteiger partial charge is 0.497 e. The van der Waals surface area contributed by atoms with Crippen LogP contribution in [0.15, 0.2) is 18.2 Å². The quantitative estimate of drug-likeness (QED) is 0.794. The van der Waals surface area contributed by atoms with E-state index in [0.29, 0.717) is 30.2 Å². The van der Waals surface area contributed by atoms with E-state index in [4.69, 9.17) is 15.2 Å². The zero-order valence-corrected chi connectivity index (χ0v) is 10.4. The number of anilines is 1. The highest BCUT2D eigenvalue weighted by atomic mass is 16.5. The molecule has 1 aliphatic heterocycles. The van der Waals surface area contributed by atoms with Gasteiger partial charge in [0.15, 0.2) is 6.10 Å². The smallest absolute Gasteiger partial charge is 0.261 e. The van der Waals surface area contributed by atoms with Gasteiger partial charge in [0.1, 0.15) is 11.5 Å². The first-order valence-corrected chi connectivity index (χ1v) is 6.08. The summed E-state index contributed by atoms with van der Waals surface area (Å²) in [5.41, 5.74) is 6.34. The summed E-state index contributed by atoms with van der Waals surface area (Å²) < 4.78 is 10.8. The van der Waals surface area contributed by atoms with E-state index < -0.39 is 6.10 Å². The number of methoxy groups -OCH3 is 1. The fraction of sp³-hybridized carbons (Fsp3) is 0.462. The summed E-state index contributed by atoms with van der Waals surface area (Å²) in [6.45, 7) is 0.715. The Morgan fingerprint density at radius 1 is 1.39 bits per heavy atom. The molecule has 18 heavy (non-hydrogen) atoms. The molecule has 0 radical (unpaired) electrons. The highest BCUT2D eigenvalue weighted by Gasteiger charge is 2.23. The van der Waals surface area contributed by atoms with E-state index in [9.17, 15) is 4.79 Å². The van der Waals surface area contributed by atoms with Gasteiger partial charge in [-0.05, 0) is 31.4 Å². The summed E-state index contributed by atoms with van der Waals surface area (Å²) in [5.74, 6) is 1.08. The highest BCUT2D eigenvalue weighted by Crippen LogP contribution is 2.28. The molecular weight excluding hydrogens is 232 g/mol. The van der Waals surface area contributed by atoms with Crippen LogP contribution in [0.25, 0.3) is 0 Å². The van der Waals surface area contributed by atoms with Gasteiger partial charge in [-0.25, -0.2) is 0 Å². The van der Waals surface area contributed by atoms with Crippen LogP contribution in [0.3, 0.4) is 0 Å². The number of benzene rings is 1. The van der Waals surface area contributed by atoms with E-state index in [1.54, 1.807) is 25.3 Å². The molecule has 3 N–H and O–H groups in total. The average molecular weight is 250 g/mol. The second-order valence-corrected chi connectivity index (χ2v) is 4.30. The summed E-state index contributed by atoms with van der Waals surface area (Å²) in [5, 5.41) is 2.83. The van der Waals surface area contributed by atoms with Crippen LogP contribution in [0.5, 0.6) is 11.5 Å². The Balaban J connectivity index is 2.14. The predicted octanol–water partition coefficient (Wildman–Crippen LogP) is 1.32. The molecule has 0 saturated carbocycles. The molecular formula is C13H18N2O3. The van der Waals surface area contributed by atoms with Crippen molar-refractivity contribution in [1.29, 1.82) is 0 Å². The first-order valence-electron chi connectivity index (χ1n) is 6.08. The van der Waals surface area contributed by atoms with Crippen LogP contribution >= 0.6 is 0 Å². The lowest BCUT2D eigenvalue weighted by Gasteiger charge is -2.17. The lowest BCUT2D eigenvalue weighted by Crippen LogP contribution is -2.36. The van der Waals surface area contributed by atoms with Gasteiger partial charge in [-0.1, -0.05) is 0 Å². The number of amides is 1. The number of nitrogens with two attached hydrogens (primary N) is 1. The predicted molar refractivity (Wildman–Crippen MR) is 68.7 cm³/mol. The van der Waals surface area contributed by atoms with Crippen LogP contribution in [0.1, 0.15) is 19.3 Å². The molecule has 98 valence electrons. The molecule has 0 aliphatic carbocycles. The van der Waals surface area contributed by atoms with Gasteiger partial charge in [0.05, 0.1) is 12.8 Å². The number of hydrogen-bond acceptors (Lipinski definition) is 4. The van der Waals surface area contributed by atoms with Gasteiger partial charge in [-0.2, -0.15) is 0 Å². The molecule has 1 aliphatic rings. The number of nitrogens with one attached hydrogen (secondary N) is 1. The Morgan fingerprint density at radius 3 is 3.00 bits per heavy atom. The van der Waals surface area contributed by atoms with Crippen molar-refractivity contribution in [3.63, 3.8) is 0 Å². The Hall–Kier alpha value is -1.91. The van der Waals surface area contributed by atoms with Gasteiger partial charge in [0.25, 0.3) is 5.91 Å². The van der Waals surface area contributed by atoms with Gasteiger partial charge in [0.2, 0.25) is 0 Å². The van der Waals surface area contributed by atoms with Crippen molar-refractivity contribution in [3.8, 4) is 11.5 Å². The molecule has 0 spiro atoms. The van der Waals surface area contributed by atoms with Crippen molar-refractivity contribution in [2.75, 3.05) is 19.4 Å². The zero-order valence-electron chi connectivity index (χ0n) is 10.4. The maximum absolute atomic E-state index is 11.8. The zero-order chi connectivity index (χ0) is 13.0. The molecule has 5 nitrogen and oxygen atoms in total. The topological polar surface area (TPSA) is 73.6 Å². The molecule has 0 aromatic heterocycles. The molecule has 0 bridgehead atoms. The minimum absolute atomic E-state index is 0.0743. The maximum Gasteiger partial charge on any atom is 0.261 e. The second-order valence-electron chi connectivity index (χ2n) is 4.30. The third-order valence-corrected chi connectivity index (χ3v) is 2.97. The van der Waals surface area contributed by atoms with Gasteiger partial charge in [-0.15, -0.1) is 0 Å². The first-order chi connectivity index (χ1) is 8.70. The van der Waals surface area contributed by atoms with E-state index in [2.05, 4.69) is 5.32 Å². The number of carbonyl (C=O) groups excluding carboxylic acids is 1. The number of carbonyl (C=O) groups is 1. The van der Waals surface area contributed by atoms with Gasteiger partial charge >= 0.3 is 0 Å². The summed E-state index contributed by atoms with van der Waals surface area (Å²) in [6.07, 6.45) is 2.19. The molecule has 1 aromatic rings. The van der Waals surface area contributed by atoms with Crippen molar-refractivity contribution in [1.82, 2.24) is 5.32 Å². The van der Waals surface area contributed by atoms with E-state index in [1.807, 2.05) is 0 Å². The van der Waals surface area contributed by atoms with E-state index >= 15 is 0 Å². The Labute approximate surface area is 106 Å². The third-order valence-electron chi connectivity index (χ3n) is 2.97. The average Bonchev–Trinajstić information content (AvgIpc) is 2.58. The summed E-state index contributed by atoms with van der Waals surface area (Å²) in [4.78, 5) is 11.8. The lowest BCUT2D eigenvalue weighted by molar-refractivity contribution is -0.127. The van der Waals surface area contributed by atoms with E-state index in [1.165, 1.54) is 0 Å². The number of rotatable bonds is 3. The fourth-order valence-electron chi connectivity index (χ4n) is 1.92. The summed E-state index contributed by atoms with van der Waals surface area (Å²) in [7, 11) is 1.58. The van der Waals surface area contributed by atoms with Gasteiger partial charge in [0, 0.05) is 12.6 Å². The third kappa shape index (κ3) is 2.85. The van der Waals surface area contributed by atoms with Crippen molar-refractivity contribution in [2.24, 2.45) is 0 Å². The van der Waals surface area contributed by atoms with Crippen LogP contribution in [0, 0.1) is 0 Å². The molecule has 1 heterocycles. The maximum atomic E-state index is 11.8. The molecule has 2 rings (SSSR count). The summed E-state index contributed by atoms with van der Waals surface area (Å²) >= 11 is 0. The number of nitrogen functional groups attached to an aromatic ring is 1. The molecule has 1 atom stereocenters. The van der Waals surface area contributed by atoms with Gasteiger partial charge < -0.3 is 20.5 Å². The van der Waals surface area contributed by atoms with Crippen molar-refractivity contribution in [2.45, 2.75) is 25.4 Å². The second kappa shape index (κ2) is 5.62. The van der Waals surface area contributed by atoms with E-state index in [0.717, 1.165) is 12.8 Å². The van der Waals surface area contributed by atoms with Crippen LogP contribution in [-0.2, 0) is 4.79 Å². The van der Waals surface area contributed by atoms with Crippen molar-refractivity contribution >= 4 is 11.6 Å². The monoisotopic (exact) mass is 250 g/mol. The van der Waals surface area contributed by atoms with Crippen LogP contribution in [0.2, 0.25) is 0 Å². The number of ether oxygens (including phenoxy) is 2. The Kier molecular flexibility index (Phi) is 3.92. The van der Waals surface area contributed by atoms with Crippen molar-refractivity contribution in [3.05, 3.63) is 18.2 Å². The molecule has 5 heteroatoms. The number of hydrogen-bond donors (Lipinski definition) is 2. The van der Waals surface area contributed by atoms with Crippen molar-refractivity contribution < 1.29 is 14.3 Å². The Morgan fingerprint density at radius 2 is 2.22 bits per heavy atom. The minimum Gasteiger partial charge on any atom is -0.497 e. The molecule has 1 saturated heterocycles. The van der Waals surface area contributed by atoms with Crippen LogP contribution in [-0.4, -0.2) is 25.7 Å². The van der Waals surface area contributed by atoms with Crippen LogP contribution in [0.4, 0.5) is 5.69 Å². The minimum atomic E-state index is -0.470. The van der Waals surface area contributed by atoms with E-state index in [-0.39, 0.29) is 5.91 Å². The normalized spacial score (nSPS) is 19.8. The SMILES string of the molecule is COc1ccc(N)c(OC2CCCCNC2=O)c1. The highest BCUT2D eigenvalue weighted by molar-refractivity contribution is 5.81. The standard InChI is InChI=1S/C13H18N2O3/c1-17-9-5-6-10(14)12(8-9)18-11-4-2-3-7-15-13(11)16/h5-6,8,11H,2-4,7,14H2,1H3,(H,15,16). The molecule has 1 amide bonds. The summed E-state index contributed by atoms with van der Waals surface area (Å²) in [6, 6.07) is 5.17. The van der Waals surface area contributed by atoms with Gasteiger partial charge in [-0.3, -0.25) is 4.79 Å².